The van der Waals surface area contributed by atoms with E-state index in [1.165, 1.54) is 0 Å². The van der Waals surface area contributed by atoms with Crippen molar-refractivity contribution in [1.82, 2.24) is 9.78 Å². The molecular formula is C16H23N3O. The zero-order chi connectivity index (χ0) is 14.8. The van der Waals surface area contributed by atoms with Crippen LogP contribution < -0.4 is 5.32 Å². The fourth-order valence-corrected chi connectivity index (χ4v) is 1.99. The molecule has 0 atom stereocenters. The zero-order valence-corrected chi connectivity index (χ0v) is 12.6. The van der Waals surface area contributed by atoms with Crippen molar-refractivity contribution < 1.29 is 5.11 Å². The molecule has 0 spiro atoms. The molecule has 1 aromatic carbocycles. The Morgan fingerprint density at radius 3 is 2.35 bits per heavy atom. The van der Waals surface area contributed by atoms with Gasteiger partial charge < -0.3 is 10.4 Å². The molecule has 0 saturated heterocycles. The summed E-state index contributed by atoms with van der Waals surface area (Å²) in [5, 5.41) is 17.2. The average Bonchev–Trinajstić information content (AvgIpc) is 2.83. The molecular weight excluding hydrogens is 250 g/mol. The van der Waals surface area contributed by atoms with Crippen molar-refractivity contribution in [2.75, 3.05) is 11.9 Å². The van der Waals surface area contributed by atoms with Gasteiger partial charge in [-0.05, 0) is 24.6 Å². The molecule has 0 fully saturated rings. The Labute approximate surface area is 120 Å². The molecule has 0 saturated carbocycles. The first kappa shape index (κ1) is 14.6. The van der Waals surface area contributed by atoms with Gasteiger partial charge in [0.15, 0.2) is 0 Å². The summed E-state index contributed by atoms with van der Waals surface area (Å²) in [6.07, 6.45) is 0. The lowest BCUT2D eigenvalue weighted by Crippen LogP contribution is -2.12. The van der Waals surface area contributed by atoms with E-state index in [4.69, 9.17) is 10.2 Å². The monoisotopic (exact) mass is 273 g/mol. The maximum absolute atomic E-state index is 9.11. The molecule has 0 aliphatic rings. The summed E-state index contributed by atoms with van der Waals surface area (Å²) in [4.78, 5) is 0. The van der Waals surface area contributed by atoms with Gasteiger partial charge in [0, 0.05) is 18.0 Å². The van der Waals surface area contributed by atoms with E-state index in [1.807, 2.05) is 28.9 Å². The summed E-state index contributed by atoms with van der Waals surface area (Å²) in [6, 6.07) is 9.90. The topological polar surface area (TPSA) is 50.1 Å². The van der Waals surface area contributed by atoms with Crippen LogP contribution in [-0.4, -0.2) is 21.4 Å². The molecule has 2 rings (SSSR count). The first-order valence-corrected chi connectivity index (χ1v) is 7.00. The summed E-state index contributed by atoms with van der Waals surface area (Å²) < 4.78 is 1.92. The molecule has 4 heteroatoms. The molecule has 0 aliphatic carbocycles. The third kappa shape index (κ3) is 3.02. The number of aliphatic hydroxyl groups is 1. The van der Waals surface area contributed by atoms with Crippen LogP contribution in [0.4, 0.5) is 5.82 Å². The lowest BCUT2D eigenvalue weighted by Gasteiger charge is -2.14. The third-order valence-corrected chi connectivity index (χ3v) is 3.20. The predicted octanol–water partition coefficient (Wildman–Crippen LogP) is 3.09. The van der Waals surface area contributed by atoms with Gasteiger partial charge in [-0.2, -0.15) is 5.10 Å². The highest BCUT2D eigenvalue weighted by molar-refractivity contribution is 5.47. The van der Waals surface area contributed by atoms with Gasteiger partial charge in [0.25, 0.3) is 0 Å². The van der Waals surface area contributed by atoms with Crippen molar-refractivity contribution in [1.29, 1.82) is 0 Å². The van der Waals surface area contributed by atoms with E-state index in [9.17, 15) is 0 Å². The van der Waals surface area contributed by atoms with Crippen LogP contribution in [0.15, 0.2) is 30.3 Å². The normalized spacial score (nSPS) is 11.7. The average molecular weight is 273 g/mol. The maximum Gasteiger partial charge on any atom is 0.130 e. The number of hydrogen-bond acceptors (Lipinski definition) is 3. The number of nitrogens with one attached hydrogen (secondary N) is 1. The molecule has 1 aromatic heterocycles. The van der Waals surface area contributed by atoms with E-state index >= 15 is 0 Å². The fourth-order valence-electron chi connectivity index (χ4n) is 1.99. The maximum atomic E-state index is 9.11. The van der Waals surface area contributed by atoms with Gasteiger partial charge in [-0.3, -0.25) is 0 Å². The molecule has 0 radical (unpaired) electrons. The largest absolute Gasteiger partial charge is 0.392 e. The van der Waals surface area contributed by atoms with Gasteiger partial charge in [0.1, 0.15) is 5.82 Å². The summed E-state index contributed by atoms with van der Waals surface area (Å²) in [7, 11) is 0. The number of hydrogen-bond donors (Lipinski definition) is 2. The molecule has 20 heavy (non-hydrogen) atoms. The van der Waals surface area contributed by atoms with Crippen LogP contribution in [0.2, 0.25) is 0 Å². The van der Waals surface area contributed by atoms with E-state index in [0.717, 1.165) is 29.3 Å². The van der Waals surface area contributed by atoms with Crippen LogP contribution >= 0.6 is 0 Å². The van der Waals surface area contributed by atoms with Crippen LogP contribution in [0.3, 0.4) is 0 Å². The van der Waals surface area contributed by atoms with Gasteiger partial charge in [-0.1, -0.05) is 32.9 Å². The van der Waals surface area contributed by atoms with Gasteiger partial charge in [-0.25, -0.2) is 4.68 Å². The lowest BCUT2D eigenvalue weighted by molar-refractivity contribution is 0.282. The minimum absolute atomic E-state index is 0.0143. The second-order valence-electron chi connectivity index (χ2n) is 5.93. The van der Waals surface area contributed by atoms with Crippen molar-refractivity contribution in [3.8, 4) is 5.69 Å². The summed E-state index contributed by atoms with van der Waals surface area (Å²) >= 11 is 0. The Kier molecular flexibility index (Phi) is 4.14. The van der Waals surface area contributed by atoms with Gasteiger partial charge in [0.2, 0.25) is 0 Å². The predicted molar refractivity (Wildman–Crippen MR) is 82.4 cm³/mol. The number of nitrogens with zero attached hydrogens (tertiary/aromatic N) is 2. The Morgan fingerprint density at radius 1 is 1.20 bits per heavy atom. The highest BCUT2D eigenvalue weighted by Crippen LogP contribution is 2.26. The fraction of sp³-hybridized carbons (Fsp3) is 0.438. The molecule has 2 aromatic rings. The van der Waals surface area contributed by atoms with Crippen LogP contribution in [0.1, 0.15) is 39.0 Å². The van der Waals surface area contributed by atoms with E-state index < -0.39 is 0 Å². The number of anilines is 1. The molecule has 4 nitrogen and oxygen atoms in total. The van der Waals surface area contributed by atoms with Gasteiger partial charge >= 0.3 is 0 Å². The van der Waals surface area contributed by atoms with Crippen LogP contribution in [-0.2, 0) is 12.0 Å². The highest BCUT2D eigenvalue weighted by Gasteiger charge is 2.20. The lowest BCUT2D eigenvalue weighted by atomic mass is 9.92. The third-order valence-electron chi connectivity index (χ3n) is 3.20. The number of aliphatic hydroxyl groups excluding tert-OH is 1. The quantitative estimate of drug-likeness (QED) is 0.900. The summed E-state index contributed by atoms with van der Waals surface area (Å²) in [5.74, 6) is 0.995. The zero-order valence-electron chi connectivity index (χ0n) is 12.6. The Balaban J connectivity index is 2.44. The van der Waals surface area contributed by atoms with Crippen molar-refractivity contribution in [2.24, 2.45) is 0 Å². The number of aromatic nitrogens is 2. The van der Waals surface area contributed by atoms with Crippen LogP contribution in [0, 0.1) is 0 Å². The summed E-state index contributed by atoms with van der Waals surface area (Å²) in [6.45, 7) is 9.46. The van der Waals surface area contributed by atoms with Gasteiger partial charge in [-0.15, -0.1) is 0 Å². The second-order valence-corrected chi connectivity index (χ2v) is 5.93. The molecule has 0 amide bonds. The standard InChI is InChI=1S/C16H23N3O/c1-5-17-15-10-14(16(2,3)4)18-19(15)13-8-6-12(11-20)7-9-13/h6-10,17,20H,5,11H2,1-4H3. The molecule has 0 aliphatic heterocycles. The summed E-state index contributed by atoms with van der Waals surface area (Å²) in [5.41, 5.74) is 2.97. The van der Waals surface area contributed by atoms with Crippen molar-refractivity contribution in [3.05, 3.63) is 41.6 Å². The number of benzene rings is 1. The van der Waals surface area contributed by atoms with Crippen molar-refractivity contribution >= 4 is 5.82 Å². The van der Waals surface area contributed by atoms with Crippen LogP contribution in [0.5, 0.6) is 0 Å². The Hall–Kier alpha value is -1.81. The SMILES string of the molecule is CCNc1cc(C(C)(C)C)nn1-c1ccc(CO)cc1. The molecule has 108 valence electrons. The van der Waals surface area contributed by atoms with E-state index in [2.05, 4.69) is 39.1 Å². The van der Waals surface area contributed by atoms with E-state index in [-0.39, 0.29) is 12.0 Å². The Bertz CT molecular complexity index is 564. The Morgan fingerprint density at radius 2 is 1.85 bits per heavy atom. The van der Waals surface area contributed by atoms with Crippen molar-refractivity contribution in [3.63, 3.8) is 0 Å². The number of rotatable bonds is 4. The first-order chi connectivity index (χ1) is 9.45. The minimum Gasteiger partial charge on any atom is -0.392 e. The second kappa shape index (κ2) is 5.67. The smallest absolute Gasteiger partial charge is 0.130 e. The minimum atomic E-state index is 0.0143. The molecule has 0 bridgehead atoms. The van der Waals surface area contributed by atoms with Gasteiger partial charge in [0.05, 0.1) is 18.0 Å². The van der Waals surface area contributed by atoms with Crippen LogP contribution in [0.25, 0.3) is 5.69 Å². The molecule has 1 heterocycles. The molecule has 2 N–H and O–H groups in total. The first-order valence-electron chi connectivity index (χ1n) is 7.00. The molecule has 0 unspecified atom stereocenters. The van der Waals surface area contributed by atoms with E-state index in [0.29, 0.717) is 0 Å². The van der Waals surface area contributed by atoms with Crippen molar-refractivity contribution in [2.45, 2.75) is 39.7 Å². The van der Waals surface area contributed by atoms with E-state index in [1.54, 1.807) is 0 Å². The highest BCUT2D eigenvalue weighted by atomic mass is 16.3.